The van der Waals surface area contributed by atoms with E-state index < -0.39 is 9.84 Å². The van der Waals surface area contributed by atoms with E-state index in [2.05, 4.69) is 17.4 Å². The second-order valence-electron chi connectivity index (χ2n) is 5.18. The molecule has 1 unspecified atom stereocenters. The Morgan fingerprint density at radius 3 is 2.62 bits per heavy atom. The molecule has 2 aromatic carbocycles. The molecule has 1 aliphatic heterocycles. The van der Waals surface area contributed by atoms with Crippen molar-refractivity contribution < 1.29 is 8.42 Å². The molecule has 0 aliphatic carbocycles. The summed E-state index contributed by atoms with van der Waals surface area (Å²) in [5.41, 5.74) is 3.27. The molecular formula is C16H17NO2S2. The first-order valence-corrected chi connectivity index (χ1v) is 9.81. The summed E-state index contributed by atoms with van der Waals surface area (Å²) in [5.74, 6) is 1.96. The summed E-state index contributed by atoms with van der Waals surface area (Å²) >= 11 is 1.87. The summed E-state index contributed by atoms with van der Waals surface area (Å²) in [6.45, 7) is 0. The third kappa shape index (κ3) is 3.09. The van der Waals surface area contributed by atoms with Gasteiger partial charge in [-0.05, 0) is 23.3 Å². The van der Waals surface area contributed by atoms with Crippen LogP contribution in [0.1, 0.15) is 17.2 Å². The van der Waals surface area contributed by atoms with Gasteiger partial charge in [0.15, 0.2) is 9.84 Å². The average molecular weight is 319 g/mol. The van der Waals surface area contributed by atoms with Crippen molar-refractivity contribution in [1.82, 2.24) is 0 Å². The van der Waals surface area contributed by atoms with E-state index in [-0.39, 0.29) is 6.04 Å². The molecule has 0 radical (unpaired) electrons. The Morgan fingerprint density at radius 1 is 1.10 bits per heavy atom. The summed E-state index contributed by atoms with van der Waals surface area (Å²) in [4.78, 5) is 0.359. The van der Waals surface area contributed by atoms with Gasteiger partial charge in [0.2, 0.25) is 0 Å². The number of rotatable bonds is 3. The van der Waals surface area contributed by atoms with Gasteiger partial charge in [0, 0.05) is 17.8 Å². The fourth-order valence-electron chi connectivity index (χ4n) is 2.60. The van der Waals surface area contributed by atoms with Gasteiger partial charge in [0.25, 0.3) is 0 Å². The number of anilines is 1. The van der Waals surface area contributed by atoms with Crippen molar-refractivity contribution in [1.29, 1.82) is 0 Å². The van der Waals surface area contributed by atoms with Crippen LogP contribution in [0.3, 0.4) is 0 Å². The molecule has 1 aliphatic rings. The summed E-state index contributed by atoms with van der Waals surface area (Å²) in [6, 6.07) is 15.6. The zero-order chi connectivity index (χ0) is 14.9. The molecule has 0 saturated heterocycles. The molecule has 3 nitrogen and oxygen atoms in total. The van der Waals surface area contributed by atoms with Crippen molar-refractivity contribution >= 4 is 27.3 Å². The van der Waals surface area contributed by atoms with Gasteiger partial charge in [-0.1, -0.05) is 36.4 Å². The van der Waals surface area contributed by atoms with Crippen LogP contribution in [0.15, 0.2) is 53.4 Å². The van der Waals surface area contributed by atoms with E-state index in [1.807, 2.05) is 36.0 Å². The number of sulfone groups is 1. The highest BCUT2D eigenvalue weighted by atomic mass is 32.2. The Balaban J connectivity index is 1.96. The van der Waals surface area contributed by atoms with Gasteiger partial charge >= 0.3 is 0 Å². The van der Waals surface area contributed by atoms with Crippen molar-refractivity contribution in [2.75, 3.05) is 17.3 Å². The first-order chi connectivity index (χ1) is 10.1. The van der Waals surface area contributed by atoms with Gasteiger partial charge in [-0.25, -0.2) is 8.42 Å². The molecule has 0 spiro atoms. The molecule has 0 saturated carbocycles. The number of fused-ring (bicyclic) bond motifs is 1. The Labute approximate surface area is 129 Å². The SMILES string of the molecule is CS(=O)(=O)c1ccccc1NC1CSCc2ccccc21. The fourth-order valence-corrected chi connectivity index (χ4v) is 4.55. The Bertz CT molecular complexity index is 756. The second-order valence-corrected chi connectivity index (χ2v) is 8.19. The third-order valence-corrected chi connectivity index (χ3v) is 5.83. The van der Waals surface area contributed by atoms with Gasteiger partial charge in [0.05, 0.1) is 16.6 Å². The quantitative estimate of drug-likeness (QED) is 0.940. The number of benzene rings is 2. The fraction of sp³-hybridized carbons (Fsp3) is 0.250. The Morgan fingerprint density at radius 2 is 1.81 bits per heavy atom. The van der Waals surface area contributed by atoms with E-state index in [4.69, 9.17) is 0 Å². The van der Waals surface area contributed by atoms with E-state index in [0.717, 1.165) is 11.5 Å². The molecule has 1 atom stereocenters. The van der Waals surface area contributed by atoms with Gasteiger partial charge in [-0.2, -0.15) is 11.8 Å². The molecule has 0 aromatic heterocycles. The number of nitrogens with one attached hydrogen (secondary N) is 1. The Kier molecular flexibility index (Phi) is 3.95. The minimum atomic E-state index is -3.23. The predicted molar refractivity (Wildman–Crippen MR) is 88.5 cm³/mol. The highest BCUT2D eigenvalue weighted by Crippen LogP contribution is 2.35. The van der Waals surface area contributed by atoms with Crippen LogP contribution in [0, 0.1) is 0 Å². The monoisotopic (exact) mass is 319 g/mol. The molecule has 1 N–H and O–H groups in total. The lowest BCUT2D eigenvalue weighted by molar-refractivity contribution is 0.602. The minimum Gasteiger partial charge on any atom is -0.376 e. The summed E-state index contributed by atoms with van der Waals surface area (Å²) in [6.07, 6.45) is 1.25. The minimum absolute atomic E-state index is 0.142. The van der Waals surface area contributed by atoms with Gasteiger partial charge in [0.1, 0.15) is 0 Å². The molecule has 3 rings (SSSR count). The lowest BCUT2D eigenvalue weighted by Gasteiger charge is -2.27. The van der Waals surface area contributed by atoms with Crippen LogP contribution in [0.2, 0.25) is 0 Å². The number of thioether (sulfide) groups is 1. The Hall–Kier alpha value is -1.46. The summed E-state index contributed by atoms with van der Waals surface area (Å²) in [5, 5.41) is 3.41. The van der Waals surface area contributed by atoms with Crippen LogP contribution < -0.4 is 5.32 Å². The normalized spacial score (nSPS) is 18.0. The first-order valence-electron chi connectivity index (χ1n) is 6.77. The molecule has 0 fully saturated rings. The molecule has 110 valence electrons. The third-order valence-electron chi connectivity index (χ3n) is 3.59. The van der Waals surface area contributed by atoms with Gasteiger partial charge in [-0.3, -0.25) is 0 Å². The largest absolute Gasteiger partial charge is 0.376 e. The number of hydrogen-bond acceptors (Lipinski definition) is 4. The summed E-state index contributed by atoms with van der Waals surface area (Å²) < 4.78 is 23.8. The smallest absolute Gasteiger partial charge is 0.177 e. The van der Waals surface area contributed by atoms with Crippen LogP contribution in [-0.4, -0.2) is 20.4 Å². The van der Waals surface area contributed by atoms with Gasteiger partial charge in [-0.15, -0.1) is 0 Å². The van der Waals surface area contributed by atoms with Crippen LogP contribution in [0.4, 0.5) is 5.69 Å². The van der Waals surface area contributed by atoms with E-state index in [1.165, 1.54) is 17.4 Å². The molecule has 2 aromatic rings. The lowest BCUT2D eigenvalue weighted by atomic mass is 10.0. The van der Waals surface area contributed by atoms with E-state index in [1.54, 1.807) is 12.1 Å². The lowest BCUT2D eigenvalue weighted by Crippen LogP contribution is -2.19. The van der Waals surface area contributed by atoms with Crippen molar-refractivity contribution in [3.63, 3.8) is 0 Å². The standard InChI is InChI=1S/C16H17NO2S2/c1-21(18,19)16-9-5-4-8-14(16)17-15-11-20-10-12-6-2-3-7-13(12)15/h2-9,15,17H,10-11H2,1H3. The zero-order valence-corrected chi connectivity index (χ0v) is 13.4. The van der Waals surface area contributed by atoms with Crippen LogP contribution in [0.25, 0.3) is 0 Å². The molecular weight excluding hydrogens is 302 g/mol. The van der Waals surface area contributed by atoms with Crippen molar-refractivity contribution in [3.8, 4) is 0 Å². The average Bonchev–Trinajstić information content (AvgIpc) is 2.47. The van der Waals surface area contributed by atoms with Crippen LogP contribution in [-0.2, 0) is 15.6 Å². The molecule has 0 bridgehead atoms. The van der Waals surface area contributed by atoms with Crippen LogP contribution >= 0.6 is 11.8 Å². The molecule has 21 heavy (non-hydrogen) atoms. The van der Waals surface area contributed by atoms with Crippen molar-refractivity contribution in [3.05, 3.63) is 59.7 Å². The molecule has 5 heteroatoms. The molecule has 1 heterocycles. The van der Waals surface area contributed by atoms with Crippen molar-refractivity contribution in [2.45, 2.75) is 16.7 Å². The number of para-hydroxylation sites is 1. The summed E-state index contributed by atoms with van der Waals surface area (Å²) in [7, 11) is -3.23. The first kappa shape index (κ1) is 14.5. The maximum absolute atomic E-state index is 11.9. The zero-order valence-electron chi connectivity index (χ0n) is 11.7. The maximum atomic E-state index is 11.9. The number of hydrogen-bond donors (Lipinski definition) is 1. The van der Waals surface area contributed by atoms with E-state index in [0.29, 0.717) is 10.6 Å². The predicted octanol–water partition coefficient (Wildman–Crippen LogP) is 3.49. The highest BCUT2D eigenvalue weighted by Gasteiger charge is 2.22. The maximum Gasteiger partial charge on any atom is 0.177 e. The molecule has 0 amide bonds. The topological polar surface area (TPSA) is 46.2 Å². The highest BCUT2D eigenvalue weighted by molar-refractivity contribution is 7.98. The second kappa shape index (κ2) is 5.73. The van der Waals surface area contributed by atoms with E-state index >= 15 is 0 Å². The van der Waals surface area contributed by atoms with Gasteiger partial charge < -0.3 is 5.32 Å². The van der Waals surface area contributed by atoms with E-state index in [9.17, 15) is 8.42 Å². The van der Waals surface area contributed by atoms with Crippen LogP contribution in [0.5, 0.6) is 0 Å². The van der Waals surface area contributed by atoms with Crippen molar-refractivity contribution in [2.24, 2.45) is 0 Å².